The highest BCUT2D eigenvalue weighted by Crippen LogP contribution is 2.63. The fourth-order valence-corrected chi connectivity index (χ4v) is 13.6. The number of anilines is 8. The van der Waals surface area contributed by atoms with Gasteiger partial charge in [0, 0.05) is 44.7 Å². The number of rotatable bonds is 4. The summed E-state index contributed by atoms with van der Waals surface area (Å²) in [6.45, 7) is 37.8. The normalized spacial score (nSPS) is 16.6. The molecule has 0 saturated heterocycles. The van der Waals surface area contributed by atoms with E-state index in [1.165, 1.54) is 145 Å². The summed E-state index contributed by atoms with van der Waals surface area (Å²) in [6, 6.07) is 40.4. The lowest BCUT2D eigenvalue weighted by Crippen LogP contribution is -2.60. The van der Waals surface area contributed by atoms with Crippen molar-refractivity contribution in [2.75, 3.05) is 19.2 Å². The Labute approximate surface area is 419 Å². The van der Waals surface area contributed by atoms with Crippen LogP contribution in [-0.4, -0.2) is 14.0 Å². The van der Waals surface area contributed by atoms with Gasteiger partial charge in [0.15, 0.2) is 0 Å². The van der Waals surface area contributed by atoms with E-state index in [-0.39, 0.29) is 24.8 Å². The van der Waals surface area contributed by atoms with E-state index in [4.69, 9.17) is 0 Å². The van der Waals surface area contributed by atoms with Crippen molar-refractivity contribution in [2.24, 2.45) is 0 Å². The Morgan fingerprint density at radius 3 is 1.03 bits per heavy atom. The smallest absolute Gasteiger partial charge is 0.359 e. The second-order valence-electron chi connectivity index (χ2n) is 24.5. The first-order chi connectivity index (χ1) is 33.2. The Balaban J connectivity index is 1.14. The monoisotopic (exact) mass is 915 g/mol. The zero-order chi connectivity index (χ0) is 49.1. The number of fused-ring (bicyclic) bond motifs is 20. The molecule has 0 spiro atoms. The van der Waals surface area contributed by atoms with E-state index in [2.05, 4.69) is 227 Å². The maximum absolute atomic E-state index is 2.76. The maximum atomic E-state index is 2.76. The van der Waals surface area contributed by atoms with Crippen molar-refractivity contribution < 1.29 is 0 Å². The van der Waals surface area contributed by atoms with E-state index >= 15 is 0 Å². The molecule has 0 amide bonds. The van der Waals surface area contributed by atoms with Gasteiger partial charge in [-0.1, -0.05) is 132 Å². The molecule has 0 N–H and O–H groups in total. The summed E-state index contributed by atoms with van der Waals surface area (Å²) in [5.74, 6) is 1.65. The highest BCUT2D eigenvalue weighted by atomic mass is 15.3. The van der Waals surface area contributed by atoms with Crippen LogP contribution in [0, 0.1) is 27.7 Å². The predicted octanol–water partition coefficient (Wildman–Crippen LogP) is 16.0. The maximum Gasteiger partial charge on any atom is 0.421 e. The van der Waals surface area contributed by atoms with E-state index in [1.54, 1.807) is 0 Å². The summed E-state index contributed by atoms with van der Waals surface area (Å²) >= 11 is 0. The molecule has 13 rings (SSSR count). The first kappa shape index (κ1) is 43.9. The van der Waals surface area contributed by atoms with Gasteiger partial charge >= 0.3 is 14.0 Å². The van der Waals surface area contributed by atoms with Gasteiger partial charge < -0.3 is 19.2 Å². The third-order valence-electron chi connectivity index (χ3n) is 18.2. The molecule has 0 fully saturated rings. The fraction of sp³-hybridized carbons (Fsp3) is 0.344. The molecule has 4 nitrogen and oxygen atoms in total. The Morgan fingerprint density at radius 2 is 0.671 bits per heavy atom. The minimum Gasteiger partial charge on any atom is -0.359 e. The van der Waals surface area contributed by atoms with Crippen LogP contribution in [0.5, 0.6) is 0 Å². The minimum atomic E-state index is -0.191. The molecule has 70 heavy (non-hydrogen) atoms. The van der Waals surface area contributed by atoms with Gasteiger partial charge in [0.05, 0.1) is 22.7 Å². The Morgan fingerprint density at radius 1 is 0.329 bits per heavy atom. The van der Waals surface area contributed by atoms with Gasteiger partial charge in [-0.25, -0.2) is 0 Å². The molecule has 7 aromatic rings. The molecule has 0 atom stereocenters. The highest BCUT2D eigenvalue weighted by molar-refractivity contribution is 6.89. The minimum absolute atomic E-state index is 0.0780. The van der Waals surface area contributed by atoms with Crippen molar-refractivity contribution in [3.05, 3.63) is 164 Å². The quantitative estimate of drug-likeness (QED) is 0.163. The van der Waals surface area contributed by atoms with Crippen LogP contribution in [0.3, 0.4) is 0 Å². The molecule has 0 aromatic heterocycles. The molecule has 0 saturated carbocycles. The van der Waals surface area contributed by atoms with Gasteiger partial charge in [0.25, 0.3) is 0 Å². The van der Waals surface area contributed by atoms with Crippen LogP contribution >= 0.6 is 0 Å². The standard InChI is InChI=1S/C64H68B2N4/c1-33(2)41-17-19-55-49(25-41)63(13,14)51-27-43(35(5)6)29-59-61(51)69(55)65-53-31-46-48-22-38(10)40(12)24-58(48)68-60-30-44(36(7)8)28-52-62(60)70(56-20-18-42(34(3)4)26-50(56)64(52,15)16)66(68)54(46)32-45(53)47-21-37(9)39(11)23-57(47)67(59)65/h17-36H,1-16H3. The van der Waals surface area contributed by atoms with Gasteiger partial charge in [-0.2, -0.15) is 0 Å². The lowest BCUT2D eigenvalue weighted by Gasteiger charge is -2.44. The van der Waals surface area contributed by atoms with Crippen LogP contribution in [0.4, 0.5) is 45.5 Å². The number of aryl methyl sites for hydroxylation is 4. The summed E-state index contributed by atoms with van der Waals surface area (Å²) in [7, 11) is 0. The van der Waals surface area contributed by atoms with Crippen LogP contribution in [0.1, 0.15) is 174 Å². The van der Waals surface area contributed by atoms with Crippen LogP contribution in [0.25, 0.3) is 22.3 Å². The van der Waals surface area contributed by atoms with Crippen LogP contribution in [0.2, 0.25) is 0 Å². The average Bonchev–Trinajstić information content (AvgIpc) is 3.85. The molecule has 0 unspecified atom stereocenters. The van der Waals surface area contributed by atoms with Crippen molar-refractivity contribution >= 4 is 70.4 Å². The van der Waals surface area contributed by atoms with Crippen LogP contribution in [0.15, 0.2) is 97.1 Å². The first-order valence-corrected chi connectivity index (χ1v) is 26.4. The van der Waals surface area contributed by atoms with E-state index in [9.17, 15) is 0 Å². The SMILES string of the molecule is Cc1cc2c(cc1C)N1B(c3cc4c(cc3-2)B2N(c3cc(C)c(C)cc3-4)c3cc(C(C)C)cc4c3N2c2ccc(C(C)C)cc2C4(C)C)N2c3ccc(C(C)C)cc3C(C)(C)c3cc(C(C)C)cc1c32. The van der Waals surface area contributed by atoms with E-state index in [1.807, 2.05) is 0 Å². The van der Waals surface area contributed by atoms with Crippen molar-refractivity contribution in [2.45, 2.75) is 145 Å². The molecule has 7 aromatic carbocycles. The largest absolute Gasteiger partial charge is 0.421 e. The average molecular weight is 915 g/mol. The van der Waals surface area contributed by atoms with Crippen LogP contribution < -0.4 is 30.2 Å². The van der Waals surface area contributed by atoms with Crippen molar-refractivity contribution in [1.29, 1.82) is 0 Å². The van der Waals surface area contributed by atoms with Gasteiger partial charge in [0.1, 0.15) is 0 Å². The first-order valence-electron chi connectivity index (χ1n) is 26.4. The second kappa shape index (κ2) is 14.3. The summed E-state index contributed by atoms with van der Waals surface area (Å²) < 4.78 is 0. The zero-order valence-corrected chi connectivity index (χ0v) is 44.5. The zero-order valence-electron chi connectivity index (χ0n) is 44.5. The second-order valence-corrected chi connectivity index (χ2v) is 24.5. The third-order valence-corrected chi connectivity index (χ3v) is 18.2. The van der Waals surface area contributed by atoms with Crippen LogP contribution in [-0.2, 0) is 10.8 Å². The molecular formula is C64H68B2N4. The van der Waals surface area contributed by atoms with Gasteiger partial charge in [-0.05, 0) is 189 Å². The molecule has 6 heterocycles. The molecule has 6 aliphatic rings. The van der Waals surface area contributed by atoms with Crippen molar-refractivity contribution in [1.82, 2.24) is 0 Å². The summed E-state index contributed by atoms with van der Waals surface area (Å²) in [5.41, 5.74) is 35.0. The topological polar surface area (TPSA) is 13.0 Å². The van der Waals surface area contributed by atoms with Gasteiger partial charge in [-0.15, -0.1) is 0 Å². The number of nitrogens with zero attached hydrogens (tertiary/aromatic N) is 4. The lowest BCUT2D eigenvalue weighted by molar-refractivity contribution is 0.630. The van der Waals surface area contributed by atoms with Crippen molar-refractivity contribution in [3.63, 3.8) is 0 Å². The highest BCUT2D eigenvalue weighted by Gasteiger charge is 2.57. The summed E-state index contributed by atoms with van der Waals surface area (Å²) in [4.78, 5) is 11.0. The number of hydrogen-bond donors (Lipinski definition) is 0. The molecule has 350 valence electrons. The van der Waals surface area contributed by atoms with Crippen molar-refractivity contribution in [3.8, 4) is 22.3 Å². The number of benzene rings is 7. The molecular weight excluding hydrogens is 846 g/mol. The van der Waals surface area contributed by atoms with E-state index < -0.39 is 0 Å². The Hall–Kier alpha value is -6.13. The molecule has 0 bridgehead atoms. The van der Waals surface area contributed by atoms with Gasteiger partial charge in [0.2, 0.25) is 0 Å². The third kappa shape index (κ3) is 5.52. The molecule has 6 aliphatic heterocycles. The lowest BCUT2D eigenvalue weighted by atomic mass is 9.53. The number of hydrogen-bond acceptors (Lipinski definition) is 4. The van der Waals surface area contributed by atoms with E-state index in [0.29, 0.717) is 23.7 Å². The summed E-state index contributed by atoms with van der Waals surface area (Å²) in [6.07, 6.45) is 0. The predicted molar refractivity (Wildman–Crippen MR) is 302 cm³/mol. The fourth-order valence-electron chi connectivity index (χ4n) is 13.6. The molecule has 0 aliphatic carbocycles. The summed E-state index contributed by atoms with van der Waals surface area (Å²) in [5, 5.41) is 0. The molecule has 0 radical (unpaired) electrons. The Kier molecular flexibility index (Phi) is 8.94. The van der Waals surface area contributed by atoms with Gasteiger partial charge in [-0.3, -0.25) is 0 Å². The molecule has 6 heteroatoms. The van der Waals surface area contributed by atoms with E-state index in [0.717, 1.165) is 0 Å². The Bertz CT molecular complexity index is 3270.